The number of carbonyl (C=O) groups is 3. The summed E-state index contributed by atoms with van der Waals surface area (Å²) in [6.45, 7) is 1.12. The summed E-state index contributed by atoms with van der Waals surface area (Å²) in [4.78, 5) is 32.3. The number of nitrogens with one attached hydrogen (secondary N) is 3. The van der Waals surface area contributed by atoms with Gasteiger partial charge in [0.25, 0.3) is 5.91 Å². The average Bonchev–Trinajstić information content (AvgIpc) is 2.15. The molecule has 0 spiro atoms. The summed E-state index contributed by atoms with van der Waals surface area (Å²) in [7, 11) is 0. The number of amides is 5. The predicted octanol–water partition coefficient (Wildman–Crippen LogP) is -2.38. The van der Waals surface area contributed by atoms with Gasteiger partial charge in [-0.3, -0.25) is 4.79 Å². The number of rotatable bonds is 2. The fraction of sp³-hybridized carbons (Fsp3) is 0.500. The lowest BCUT2D eigenvalue weighted by molar-refractivity contribution is -0.139. The molecule has 0 rings (SSSR count). The lowest BCUT2D eigenvalue weighted by atomic mass is 10.7. The van der Waals surface area contributed by atoms with E-state index in [4.69, 9.17) is 10.8 Å². The second-order valence-corrected chi connectivity index (χ2v) is 2.33. The van der Waals surface area contributed by atoms with Crippen molar-refractivity contribution < 1.29 is 19.5 Å². The quantitative estimate of drug-likeness (QED) is 0.331. The Morgan fingerprint density at radius 2 is 1.93 bits per heavy atom. The Bertz CT molecular complexity index is 256. The number of nitrogens with zero attached hydrogens (tertiary/aromatic N) is 1. The van der Waals surface area contributed by atoms with Crippen molar-refractivity contribution in [1.82, 2.24) is 21.3 Å². The van der Waals surface area contributed by atoms with Crippen LogP contribution < -0.4 is 21.9 Å². The van der Waals surface area contributed by atoms with Gasteiger partial charge in [-0.25, -0.2) is 20.4 Å². The first-order chi connectivity index (χ1) is 7.01. The molecule has 9 heteroatoms. The molecule has 0 aliphatic rings. The molecule has 0 unspecified atom stereocenters. The van der Waals surface area contributed by atoms with E-state index in [1.807, 2.05) is 10.9 Å². The van der Waals surface area contributed by atoms with Crippen LogP contribution in [-0.2, 0) is 4.79 Å². The smallest absolute Gasteiger partial charge is 0.335 e. The van der Waals surface area contributed by atoms with Crippen LogP contribution >= 0.6 is 0 Å². The van der Waals surface area contributed by atoms with Gasteiger partial charge in [-0.05, 0) is 6.92 Å². The minimum atomic E-state index is -1.05. The van der Waals surface area contributed by atoms with E-state index in [2.05, 4.69) is 5.32 Å². The van der Waals surface area contributed by atoms with Crippen molar-refractivity contribution in [2.45, 2.75) is 6.92 Å². The van der Waals surface area contributed by atoms with Crippen LogP contribution in [0.2, 0.25) is 0 Å². The number of carbonyl (C=O) groups excluding carboxylic acids is 3. The van der Waals surface area contributed by atoms with Gasteiger partial charge < -0.3 is 16.2 Å². The Hall–Kier alpha value is -2.03. The number of aliphatic hydroxyl groups excluding tert-OH is 1. The maximum absolute atomic E-state index is 11.0. The van der Waals surface area contributed by atoms with E-state index in [9.17, 15) is 14.4 Å². The zero-order valence-corrected chi connectivity index (χ0v) is 8.11. The van der Waals surface area contributed by atoms with Crippen LogP contribution in [0.4, 0.5) is 9.59 Å². The number of nitrogens with two attached hydrogens (primary N) is 1. The minimum Gasteiger partial charge on any atom is -0.386 e. The molecule has 0 aliphatic heterocycles. The molecule has 15 heavy (non-hydrogen) atoms. The monoisotopic (exact) mass is 219 g/mol. The number of urea groups is 2. The van der Waals surface area contributed by atoms with E-state index >= 15 is 0 Å². The van der Waals surface area contributed by atoms with Crippen LogP contribution in [0.1, 0.15) is 6.92 Å². The fourth-order valence-electron chi connectivity index (χ4n) is 0.635. The summed E-state index contributed by atoms with van der Waals surface area (Å²) >= 11 is 0. The van der Waals surface area contributed by atoms with E-state index in [1.54, 1.807) is 6.92 Å². The highest BCUT2D eigenvalue weighted by Gasteiger charge is 2.16. The van der Waals surface area contributed by atoms with Gasteiger partial charge in [0.05, 0.1) is 0 Å². The largest absolute Gasteiger partial charge is 0.386 e. The van der Waals surface area contributed by atoms with Crippen LogP contribution in [-0.4, -0.2) is 41.3 Å². The van der Waals surface area contributed by atoms with Gasteiger partial charge in [0.2, 0.25) is 0 Å². The topological polar surface area (TPSA) is 137 Å². The summed E-state index contributed by atoms with van der Waals surface area (Å²) in [5.74, 6) is -0.931. The average molecular weight is 219 g/mol. The van der Waals surface area contributed by atoms with Crippen LogP contribution in [0.5, 0.6) is 0 Å². The maximum atomic E-state index is 11.0. The molecule has 5 amide bonds. The van der Waals surface area contributed by atoms with Crippen LogP contribution in [0.15, 0.2) is 0 Å². The summed E-state index contributed by atoms with van der Waals surface area (Å²) in [5, 5.41) is 11.2. The van der Waals surface area contributed by atoms with Crippen molar-refractivity contribution in [3.05, 3.63) is 0 Å². The molecule has 0 aromatic rings. The molecule has 0 heterocycles. The fourth-order valence-corrected chi connectivity index (χ4v) is 0.635. The Labute approximate surface area is 85.5 Å². The summed E-state index contributed by atoms with van der Waals surface area (Å²) in [6.07, 6.45) is 0. The number of hydrazine groups is 2. The minimum absolute atomic E-state index is 0.337. The molecule has 0 saturated heterocycles. The predicted molar refractivity (Wildman–Crippen MR) is 48.9 cm³/mol. The SMILES string of the molecule is CCNC(=O)NN(NC(N)=O)C(=O)CO. The third kappa shape index (κ3) is 5.31. The molecule has 0 aromatic heterocycles. The first kappa shape index (κ1) is 13.0. The molecule has 0 atom stereocenters. The lowest BCUT2D eigenvalue weighted by Gasteiger charge is -2.21. The second-order valence-electron chi connectivity index (χ2n) is 2.33. The zero-order chi connectivity index (χ0) is 11.8. The van der Waals surface area contributed by atoms with Gasteiger partial charge in [-0.1, -0.05) is 0 Å². The van der Waals surface area contributed by atoms with E-state index in [1.165, 1.54) is 0 Å². The molecule has 6 N–H and O–H groups in total. The van der Waals surface area contributed by atoms with Crippen molar-refractivity contribution >= 4 is 18.0 Å². The second kappa shape index (κ2) is 6.43. The van der Waals surface area contributed by atoms with Crippen molar-refractivity contribution in [2.75, 3.05) is 13.2 Å². The molecule has 0 bridgehead atoms. The zero-order valence-electron chi connectivity index (χ0n) is 8.11. The van der Waals surface area contributed by atoms with E-state index in [-0.39, 0.29) is 0 Å². The lowest BCUT2D eigenvalue weighted by Crippen LogP contribution is -2.59. The summed E-state index contributed by atoms with van der Waals surface area (Å²) < 4.78 is 0. The van der Waals surface area contributed by atoms with Crippen molar-refractivity contribution in [1.29, 1.82) is 0 Å². The van der Waals surface area contributed by atoms with Gasteiger partial charge >= 0.3 is 12.1 Å². The van der Waals surface area contributed by atoms with Crippen molar-refractivity contribution in [2.24, 2.45) is 5.73 Å². The highest BCUT2D eigenvalue weighted by Crippen LogP contribution is 1.79. The van der Waals surface area contributed by atoms with E-state index < -0.39 is 24.6 Å². The number of hydrogen-bond donors (Lipinski definition) is 5. The van der Waals surface area contributed by atoms with Crippen LogP contribution in [0, 0.1) is 0 Å². The van der Waals surface area contributed by atoms with Gasteiger partial charge in [0, 0.05) is 6.54 Å². The van der Waals surface area contributed by atoms with Gasteiger partial charge in [0.15, 0.2) is 0 Å². The molecule has 0 aliphatic carbocycles. The van der Waals surface area contributed by atoms with Crippen LogP contribution in [0.25, 0.3) is 0 Å². The van der Waals surface area contributed by atoms with Crippen LogP contribution in [0.3, 0.4) is 0 Å². The van der Waals surface area contributed by atoms with E-state index in [0.29, 0.717) is 11.7 Å². The highest BCUT2D eigenvalue weighted by molar-refractivity contribution is 5.84. The molecule has 0 radical (unpaired) electrons. The van der Waals surface area contributed by atoms with Crippen molar-refractivity contribution in [3.63, 3.8) is 0 Å². The molecule has 0 fully saturated rings. The van der Waals surface area contributed by atoms with E-state index in [0.717, 1.165) is 0 Å². The highest BCUT2D eigenvalue weighted by atomic mass is 16.3. The van der Waals surface area contributed by atoms with Gasteiger partial charge in [0.1, 0.15) is 6.61 Å². The molecule has 9 nitrogen and oxygen atoms in total. The van der Waals surface area contributed by atoms with Gasteiger partial charge in [-0.2, -0.15) is 5.12 Å². The molecular weight excluding hydrogens is 206 g/mol. The molecule has 0 aromatic carbocycles. The third-order valence-electron chi connectivity index (χ3n) is 1.16. The Morgan fingerprint density at radius 1 is 1.33 bits per heavy atom. The number of primary amides is 1. The molecule has 86 valence electrons. The standard InChI is InChI=1S/C6H13N5O4/c1-2-8-6(15)10-11(4(13)3-12)9-5(7)14/h12H,2-3H2,1H3,(H3,7,9,14)(H2,8,10,15). The summed E-state index contributed by atoms with van der Waals surface area (Å²) in [6, 6.07) is -1.76. The first-order valence-electron chi connectivity index (χ1n) is 4.05. The first-order valence-corrected chi connectivity index (χ1v) is 4.05. The normalized spacial score (nSPS) is 8.93. The molecule has 0 saturated carbocycles. The van der Waals surface area contributed by atoms with Gasteiger partial charge in [-0.15, -0.1) is 0 Å². The Morgan fingerprint density at radius 3 is 2.33 bits per heavy atom. The van der Waals surface area contributed by atoms with Crippen molar-refractivity contribution in [3.8, 4) is 0 Å². The third-order valence-corrected chi connectivity index (χ3v) is 1.16. The summed E-state index contributed by atoms with van der Waals surface area (Å²) in [5.41, 5.74) is 8.51. The molecular formula is C6H13N5O4. The number of hydrogen-bond acceptors (Lipinski definition) is 4. The maximum Gasteiger partial charge on any atom is 0.335 e. The Kier molecular flexibility index (Phi) is 5.56. The Balaban J connectivity index is 4.30. The number of aliphatic hydroxyl groups is 1.